The van der Waals surface area contributed by atoms with Crippen molar-refractivity contribution in [2.24, 2.45) is 0 Å². The number of halogens is 2. The van der Waals surface area contributed by atoms with Gasteiger partial charge < -0.3 is 14.6 Å². The fraction of sp³-hybridized carbons (Fsp3) is 0.286. The molecule has 0 amide bonds. The largest absolute Gasteiger partial charge is 0.465 e. The smallest absolute Gasteiger partial charge is 0.340 e. The van der Waals surface area contributed by atoms with Crippen LogP contribution in [0.3, 0.4) is 0 Å². The van der Waals surface area contributed by atoms with E-state index in [1.165, 1.54) is 0 Å². The minimum Gasteiger partial charge on any atom is -0.465 e. The Morgan fingerprint density at radius 3 is 2.81 bits per heavy atom. The zero-order chi connectivity index (χ0) is 15.4. The number of aryl methyl sites for hydroxylation is 1. The Bertz CT molecular complexity index is 656. The van der Waals surface area contributed by atoms with E-state index in [0.717, 1.165) is 25.4 Å². The number of nitrogens with zero attached hydrogens (tertiary/aromatic N) is 2. The van der Waals surface area contributed by atoms with E-state index in [4.69, 9.17) is 0 Å². The summed E-state index contributed by atoms with van der Waals surface area (Å²) in [6, 6.07) is 1.76. The molecule has 21 heavy (non-hydrogen) atoms. The molecule has 5 nitrogen and oxygen atoms in total. The molecule has 1 aromatic carbocycles. The maximum atomic E-state index is 13.7. The zero-order valence-electron chi connectivity index (χ0n) is 11.7. The Morgan fingerprint density at radius 1 is 1.38 bits per heavy atom. The van der Waals surface area contributed by atoms with E-state index in [0.29, 0.717) is 12.6 Å². The highest BCUT2D eigenvalue weighted by molar-refractivity contribution is 5.90. The molecule has 1 aromatic heterocycles. The third kappa shape index (κ3) is 3.18. The maximum absolute atomic E-state index is 13.7. The molecule has 0 bridgehead atoms. The van der Waals surface area contributed by atoms with Crippen LogP contribution in [0, 0.1) is 11.6 Å². The lowest BCUT2D eigenvalue weighted by molar-refractivity contribution is 0.0595. The Labute approximate surface area is 120 Å². The van der Waals surface area contributed by atoms with Gasteiger partial charge in [-0.25, -0.2) is 18.6 Å². The number of carbonyl (C=O) groups is 1. The van der Waals surface area contributed by atoms with Crippen molar-refractivity contribution < 1.29 is 18.3 Å². The topological polar surface area (TPSA) is 56.2 Å². The monoisotopic (exact) mass is 295 g/mol. The van der Waals surface area contributed by atoms with Crippen LogP contribution in [0.1, 0.15) is 23.0 Å². The summed E-state index contributed by atoms with van der Waals surface area (Å²) in [5, 5.41) is 2.83. The van der Waals surface area contributed by atoms with Gasteiger partial charge in [-0.05, 0) is 13.0 Å². The molecule has 1 heterocycles. The standard InChI is InChI=1S/C14H15F2N3O2/c1-3-19-8-17-6-9(19)7-18-13-4-10(14(20)21-2)11(15)5-12(13)16/h4-6,8,18H,3,7H2,1-2H3. The summed E-state index contributed by atoms with van der Waals surface area (Å²) < 4.78 is 33.6. The van der Waals surface area contributed by atoms with E-state index in [-0.39, 0.29) is 11.3 Å². The van der Waals surface area contributed by atoms with Gasteiger partial charge in [0.05, 0.1) is 36.9 Å². The van der Waals surface area contributed by atoms with Crippen LogP contribution < -0.4 is 5.32 Å². The molecule has 0 radical (unpaired) electrons. The van der Waals surface area contributed by atoms with Crippen LogP contribution in [-0.2, 0) is 17.8 Å². The predicted octanol–water partition coefficient (Wildman–Crippen LogP) is 2.58. The van der Waals surface area contributed by atoms with Crippen molar-refractivity contribution in [3.63, 3.8) is 0 Å². The molecule has 2 aromatic rings. The fourth-order valence-electron chi connectivity index (χ4n) is 1.92. The van der Waals surface area contributed by atoms with Crippen LogP contribution in [0.4, 0.5) is 14.5 Å². The van der Waals surface area contributed by atoms with E-state index in [9.17, 15) is 13.6 Å². The zero-order valence-corrected chi connectivity index (χ0v) is 11.7. The first-order chi connectivity index (χ1) is 10.1. The molecule has 0 aliphatic rings. The Morgan fingerprint density at radius 2 is 2.14 bits per heavy atom. The number of rotatable bonds is 5. The molecule has 0 fully saturated rings. The number of hydrogen-bond donors (Lipinski definition) is 1. The molecular weight excluding hydrogens is 280 g/mol. The second-order valence-electron chi connectivity index (χ2n) is 4.33. The van der Waals surface area contributed by atoms with Crippen LogP contribution in [-0.4, -0.2) is 22.6 Å². The normalized spacial score (nSPS) is 10.5. The fourth-order valence-corrected chi connectivity index (χ4v) is 1.92. The Kier molecular flexibility index (Phi) is 4.52. The van der Waals surface area contributed by atoms with Crippen LogP contribution >= 0.6 is 0 Å². The highest BCUT2D eigenvalue weighted by Crippen LogP contribution is 2.21. The number of methoxy groups -OCH3 is 1. The first kappa shape index (κ1) is 15.0. The summed E-state index contributed by atoms with van der Waals surface area (Å²) in [5.41, 5.74) is 0.562. The highest BCUT2D eigenvalue weighted by Gasteiger charge is 2.16. The van der Waals surface area contributed by atoms with Crippen molar-refractivity contribution in [2.45, 2.75) is 20.0 Å². The van der Waals surface area contributed by atoms with Gasteiger partial charge in [0.1, 0.15) is 11.6 Å². The van der Waals surface area contributed by atoms with Crippen LogP contribution in [0.25, 0.3) is 0 Å². The van der Waals surface area contributed by atoms with Crippen LogP contribution in [0.5, 0.6) is 0 Å². The molecule has 0 saturated carbocycles. The lowest BCUT2D eigenvalue weighted by Gasteiger charge is -2.11. The summed E-state index contributed by atoms with van der Waals surface area (Å²) >= 11 is 0. The highest BCUT2D eigenvalue weighted by atomic mass is 19.1. The summed E-state index contributed by atoms with van der Waals surface area (Å²) in [6.07, 6.45) is 3.32. The number of hydrogen-bond acceptors (Lipinski definition) is 4. The molecule has 1 N–H and O–H groups in total. The number of benzene rings is 1. The average Bonchev–Trinajstić information content (AvgIpc) is 2.93. The maximum Gasteiger partial charge on any atom is 0.340 e. The molecule has 0 unspecified atom stereocenters. The van der Waals surface area contributed by atoms with E-state index in [2.05, 4.69) is 15.0 Å². The van der Waals surface area contributed by atoms with Gasteiger partial charge in [0.2, 0.25) is 0 Å². The molecule has 0 aliphatic heterocycles. The first-order valence-electron chi connectivity index (χ1n) is 6.37. The van der Waals surface area contributed by atoms with Crippen molar-refractivity contribution in [1.82, 2.24) is 9.55 Å². The number of nitrogens with one attached hydrogen (secondary N) is 1. The molecule has 112 valence electrons. The van der Waals surface area contributed by atoms with Gasteiger partial charge in [-0.3, -0.25) is 0 Å². The summed E-state index contributed by atoms with van der Waals surface area (Å²) in [7, 11) is 1.14. The lowest BCUT2D eigenvalue weighted by atomic mass is 10.1. The number of anilines is 1. The summed E-state index contributed by atoms with van der Waals surface area (Å²) in [5.74, 6) is -2.58. The number of ether oxygens (including phenoxy) is 1. The number of imidazole rings is 1. The second kappa shape index (κ2) is 6.34. The van der Waals surface area contributed by atoms with Gasteiger partial charge in [0.15, 0.2) is 0 Å². The molecule has 0 spiro atoms. The van der Waals surface area contributed by atoms with Crippen molar-refractivity contribution in [3.05, 3.63) is 47.5 Å². The minimum atomic E-state index is -0.955. The third-order valence-corrected chi connectivity index (χ3v) is 3.06. The molecule has 2 rings (SSSR count). The number of esters is 1. The molecule has 0 atom stereocenters. The summed E-state index contributed by atoms with van der Waals surface area (Å²) in [4.78, 5) is 15.4. The van der Waals surface area contributed by atoms with E-state index in [1.54, 1.807) is 12.5 Å². The first-order valence-corrected chi connectivity index (χ1v) is 6.37. The minimum absolute atomic E-state index is 0.0284. The van der Waals surface area contributed by atoms with Gasteiger partial charge in [-0.15, -0.1) is 0 Å². The third-order valence-electron chi connectivity index (χ3n) is 3.06. The molecule has 0 aliphatic carbocycles. The van der Waals surface area contributed by atoms with Gasteiger partial charge in [-0.1, -0.05) is 0 Å². The van der Waals surface area contributed by atoms with E-state index >= 15 is 0 Å². The van der Waals surface area contributed by atoms with Crippen LogP contribution in [0.2, 0.25) is 0 Å². The quantitative estimate of drug-likeness (QED) is 0.861. The predicted molar refractivity (Wildman–Crippen MR) is 72.9 cm³/mol. The van der Waals surface area contributed by atoms with Gasteiger partial charge >= 0.3 is 5.97 Å². The number of carbonyl (C=O) groups excluding carboxylic acids is 1. The second-order valence-corrected chi connectivity index (χ2v) is 4.33. The Hall–Kier alpha value is -2.44. The SMILES string of the molecule is CCn1cncc1CNc1cc(C(=O)OC)c(F)cc1F. The average molecular weight is 295 g/mol. The molecule has 0 saturated heterocycles. The molecule has 7 heteroatoms. The number of aromatic nitrogens is 2. The van der Waals surface area contributed by atoms with Gasteiger partial charge in [-0.2, -0.15) is 0 Å². The van der Waals surface area contributed by atoms with Crippen molar-refractivity contribution in [2.75, 3.05) is 12.4 Å². The lowest BCUT2D eigenvalue weighted by Crippen LogP contribution is -2.10. The van der Waals surface area contributed by atoms with Crippen LogP contribution in [0.15, 0.2) is 24.7 Å². The van der Waals surface area contributed by atoms with Crippen molar-refractivity contribution >= 4 is 11.7 Å². The van der Waals surface area contributed by atoms with Gasteiger partial charge in [0.25, 0.3) is 0 Å². The van der Waals surface area contributed by atoms with E-state index < -0.39 is 17.6 Å². The molecular formula is C14H15F2N3O2. The Balaban J connectivity index is 2.22. The van der Waals surface area contributed by atoms with Gasteiger partial charge in [0, 0.05) is 18.8 Å². The summed E-state index contributed by atoms with van der Waals surface area (Å²) in [6.45, 7) is 2.99. The van der Waals surface area contributed by atoms with Crippen molar-refractivity contribution in [1.29, 1.82) is 0 Å². The van der Waals surface area contributed by atoms with E-state index in [1.807, 2.05) is 11.5 Å². The van der Waals surface area contributed by atoms with Crippen molar-refractivity contribution in [3.8, 4) is 0 Å².